The van der Waals surface area contributed by atoms with E-state index in [4.69, 9.17) is 4.74 Å². The second-order valence-corrected chi connectivity index (χ2v) is 6.86. The van der Waals surface area contributed by atoms with Gasteiger partial charge in [0.25, 0.3) is 0 Å². The van der Waals surface area contributed by atoms with E-state index in [1.807, 2.05) is 12.2 Å². The Morgan fingerprint density at radius 2 is 1.62 bits per heavy atom. The van der Waals surface area contributed by atoms with Gasteiger partial charge >= 0.3 is 5.97 Å². The number of ether oxygens (including phenoxy) is 1. The van der Waals surface area contributed by atoms with Crippen LogP contribution >= 0.6 is 0 Å². The number of unbranched alkanes of at least 4 members (excludes halogenated alkanes) is 5. The normalized spacial score (nSPS) is 14.2. The number of ketones is 1. The van der Waals surface area contributed by atoms with Crippen molar-refractivity contribution in [3.05, 3.63) is 35.6 Å². The van der Waals surface area contributed by atoms with Crippen LogP contribution < -0.4 is 0 Å². The van der Waals surface area contributed by atoms with Gasteiger partial charge in [0, 0.05) is 19.3 Å². The van der Waals surface area contributed by atoms with Crippen molar-refractivity contribution in [3.8, 4) is 0 Å². The third-order valence-corrected chi connectivity index (χ3v) is 4.16. The van der Waals surface area contributed by atoms with Crippen LogP contribution in [0.15, 0.2) is 35.6 Å². The SMILES string of the molecule is CC(=O)CCCCCCCCC(=O)OC1=CC=C(C(C)C)C=CC1. The molecule has 0 aliphatic heterocycles. The first-order valence-electron chi connectivity index (χ1n) is 9.26. The minimum atomic E-state index is -0.132. The number of carbonyl (C=O) groups excluding carboxylic acids is 2. The highest BCUT2D eigenvalue weighted by atomic mass is 16.5. The number of esters is 1. The maximum Gasteiger partial charge on any atom is 0.310 e. The van der Waals surface area contributed by atoms with E-state index in [9.17, 15) is 9.59 Å². The second-order valence-electron chi connectivity index (χ2n) is 6.86. The standard InChI is InChI=1S/C21H32O3/c1-17(2)19-12-10-13-20(16-15-19)24-21(23)14-9-7-5-4-6-8-11-18(3)22/h10,12,15-17H,4-9,11,13-14H2,1-3H3. The number of Topliss-reactive ketones (excluding diaryl/α,β-unsaturated/α-hetero) is 1. The first kappa shape index (κ1) is 20.4. The molecule has 1 aliphatic carbocycles. The van der Waals surface area contributed by atoms with Crippen LogP contribution in [-0.4, -0.2) is 11.8 Å². The Bertz CT molecular complexity index is 495. The van der Waals surface area contributed by atoms with Gasteiger partial charge in [-0.15, -0.1) is 0 Å². The molecule has 0 fully saturated rings. The molecule has 134 valence electrons. The molecule has 24 heavy (non-hydrogen) atoms. The first-order chi connectivity index (χ1) is 11.5. The van der Waals surface area contributed by atoms with E-state index in [-0.39, 0.29) is 11.8 Å². The van der Waals surface area contributed by atoms with Gasteiger partial charge in [-0.3, -0.25) is 4.79 Å². The van der Waals surface area contributed by atoms with Crippen molar-refractivity contribution in [2.45, 2.75) is 78.6 Å². The molecule has 0 saturated carbocycles. The van der Waals surface area contributed by atoms with Crippen LogP contribution in [0.4, 0.5) is 0 Å². The van der Waals surface area contributed by atoms with Crippen LogP contribution in [0.1, 0.15) is 78.6 Å². The summed E-state index contributed by atoms with van der Waals surface area (Å²) in [5.74, 6) is 1.35. The first-order valence-corrected chi connectivity index (χ1v) is 9.26. The molecule has 0 aromatic heterocycles. The summed E-state index contributed by atoms with van der Waals surface area (Å²) in [7, 11) is 0. The van der Waals surface area contributed by atoms with Gasteiger partial charge in [0.05, 0.1) is 0 Å². The van der Waals surface area contributed by atoms with Gasteiger partial charge in [-0.05, 0) is 37.3 Å². The predicted octanol–water partition coefficient (Wildman–Crippen LogP) is 5.67. The topological polar surface area (TPSA) is 43.4 Å². The fourth-order valence-electron chi connectivity index (χ4n) is 2.63. The van der Waals surface area contributed by atoms with Gasteiger partial charge in [-0.1, -0.05) is 57.8 Å². The van der Waals surface area contributed by atoms with E-state index < -0.39 is 0 Å². The molecule has 0 atom stereocenters. The van der Waals surface area contributed by atoms with Crippen molar-refractivity contribution >= 4 is 11.8 Å². The number of hydrogen-bond acceptors (Lipinski definition) is 3. The summed E-state index contributed by atoms with van der Waals surface area (Å²) in [6.45, 7) is 5.95. The highest BCUT2D eigenvalue weighted by molar-refractivity contribution is 5.75. The molecule has 0 spiro atoms. The molecule has 0 bridgehead atoms. The third kappa shape index (κ3) is 9.49. The second kappa shape index (κ2) is 11.8. The van der Waals surface area contributed by atoms with Gasteiger partial charge < -0.3 is 9.53 Å². The van der Waals surface area contributed by atoms with Crippen molar-refractivity contribution in [1.29, 1.82) is 0 Å². The average Bonchev–Trinajstić information content (AvgIpc) is 2.75. The summed E-state index contributed by atoms with van der Waals surface area (Å²) >= 11 is 0. The average molecular weight is 332 g/mol. The van der Waals surface area contributed by atoms with Crippen LogP contribution in [0, 0.1) is 5.92 Å². The summed E-state index contributed by atoms with van der Waals surface area (Å²) in [5.41, 5.74) is 1.26. The van der Waals surface area contributed by atoms with Gasteiger partial charge in [0.2, 0.25) is 0 Å². The van der Waals surface area contributed by atoms with Gasteiger partial charge in [-0.25, -0.2) is 0 Å². The molecule has 0 heterocycles. The zero-order chi connectivity index (χ0) is 17.8. The van der Waals surface area contributed by atoms with E-state index in [0.717, 1.165) is 44.3 Å². The van der Waals surface area contributed by atoms with Crippen molar-refractivity contribution in [2.75, 3.05) is 0 Å². The Morgan fingerprint density at radius 1 is 1.00 bits per heavy atom. The molecule has 0 radical (unpaired) electrons. The summed E-state index contributed by atoms with van der Waals surface area (Å²) in [6.07, 6.45) is 16.3. The van der Waals surface area contributed by atoms with Crippen LogP contribution in [0.2, 0.25) is 0 Å². The fraction of sp³-hybridized carbons (Fsp3) is 0.619. The molecule has 0 aromatic rings. The molecule has 0 saturated heterocycles. The zero-order valence-electron chi connectivity index (χ0n) is 15.5. The fourth-order valence-corrected chi connectivity index (χ4v) is 2.63. The quantitative estimate of drug-likeness (QED) is 0.362. The summed E-state index contributed by atoms with van der Waals surface area (Å²) in [6, 6.07) is 0. The number of carbonyl (C=O) groups is 2. The van der Waals surface area contributed by atoms with Gasteiger partial charge in [0.15, 0.2) is 0 Å². The molecular formula is C21H32O3. The summed E-state index contributed by atoms with van der Waals surface area (Å²) in [4.78, 5) is 22.7. The Hall–Kier alpha value is -1.64. The lowest BCUT2D eigenvalue weighted by atomic mass is 10.0. The third-order valence-electron chi connectivity index (χ3n) is 4.16. The highest BCUT2D eigenvalue weighted by Gasteiger charge is 2.08. The Morgan fingerprint density at radius 3 is 2.25 bits per heavy atom. The lowest BCUT2D eigenvalue weighted by Gasteiger charge is -2.06. The minimum Gasteiger partial charge on any atom is -0.431 e. The number of hydrogen-bond donors (Lipinski definition) is 0. The van der Waals surface area contributed by atoms with Gasteiger partial charge in [0.1, 0.15) is 11.5 Å². The maximum atomic E-state index is 11.9. The molecule has 0 aromatic carbocycles. The molecule has 3 nitrogen and oxygen atoms in total. The molecule has 0 amide bonds. The minimum absolute atomic E-state index is 0.132. The number of rotatable bonds is 11. The van der Waals surface area contributed by atoms with E-state index in [2.05, 4.69) is 26.0 Å². The molecular weight excluding hydrogens is 300 g/mol. The Kier molecular flexibility index (Phi) is 10.1. The largest absolute Gasteiger partial charge is 0.431 e. The van der Waals surface area contributed by atoms with Crippen LogP contribution in [-0.2, 0) is 14.3 Å². The van der Waals surface area contributed by atoms with E-state index in [0.29, 0.717) is 25.2 Å². The van der Waals surface area contributed by atoms with Crippen molar-refractivity contribution in [1.82, 2.24) is 0 Å². The van der Waals surface area contributed by atoms with Crippen LogP contribution in [0.3, 0.4) is 0 Å². The molecule has 3 heteroatoms. The molecule has 0 N–H and O–H groups in total. The van der Waals surface area contributed by atoms with Crippen LogP contribution in [0.5, 0.6) is 0 Å². The van der Waals surface area contributed by atoms with E-state index in [1.165, 1.54) is 5.57 Å². The monoisotopic (exact) mass is 332 g/mol. The zero-order valence-corrected chi connectivity index (χ0v) is 15.5. The summed E-state index contributed by atoms with van der Waals surface area (Å²) in [5, 5.41) is 0. The smallest absolute Gasteiger partial charge is 0.310 e. The molecule has 1 rings (SSSR count). The Labute approximate surface area is 146 Å². The van der Waals surface area contributed by atoms with E-state index >= 15 is 0 Å². The van der Waals surface area contributed by atoms with Crippen LogP contribution in [0.25, 0.3) is 0 Å². The van der Waals surface area contributed by atoms with Crippen molar-refractivity contribution < 1.29 is 14.3 Å². The number of allylic oxidation sites excluding steroid dienone is 5. The van der Waals surface area contributed by atoms with Crippen molar-refractivity contribution in [2.24, 2.45) is 5.92 Å². The summed E-state index contributed by atoms with van der Waals surface area (Å²) < 4.78 is 5.46. The van der Waals surface area contributed by atoms with Gasteiger partial charge in [-0.2, -0.15) is 0 Å². The highest BCUT2D eigenvalue weighted by Crippen LogP contribution is 2.19. The molecule has 0 unspecified atom stereocenters. The van der Waals surface area contributed by atoms with Crippen molar-refractivity contribution in [3.63, 3.8) is 0 Å². The molecule has 1 aliphatic rings. The lowest BCUT2D eigenvalue weighted by Crippen LogP contribution is -2.03. The lowest BCUT2D eigenvalue weighted by molar-refractivity contribution is -0.139. The Balaban J connectivity index is 2.14. The maximum absolute atomic E-state index is 11.9. The predicted molar refractivity (Wildman–Crippen MR) is 98.5 cm³/mol. The van der Waals surface area contributed by atoms with E-state index in [1.54, 1.807) is 6.92 Å².